The predicted octanol–water partition coefficient (Wildman–Crippen LogP) is 2.21. The molecule has 0 heterocycles. The molecule has 0 aliphatic heterocycles. The topological polar surface area (TPSA) is 86.5 Å². The van der Waals surface area contributed by atoms with Gasteiger partial charge in [0, 0.05) is 6.07 Å². The zero-order chi connectivity index (χ0) is 13.9. The molecule has 0 spiro atoms. The van der Waals surface area contributed by atoms with Gasteiger partial charge in [-0.2, -0.15) is 8.78 Å². The van der Waals surface area contributed by atoms with Gasteiger partial charge in [-0.05, 0) is 13.0 Å². The molecule has 0 saturated heterocycles. The summed E-state index contributed by atoms with van der Waals surface area (Å²) in [6, 6.07) is 1.48. The van der Waals surface area contributed by atoms with Crippen molar-refractivity contribution in [2.45, 2.75) is 13.5 Å². The molecule has 0 aromatic heterocycles. The number of nitro benzene ring substituents is 1. The molecule has 0 saturated carbocycles. The number of ether oxygens (including phenoxy) is 1. The number of nitrogens with zero attached hydrogens (tertiary/aromatic N) is 1. The number of Topliss-reactive ketones (excluding diaryl/α,β-unsaturated/α-hetero) is 1. The maximum atomic E-state index is 12.1. The van der Waals surface area contributed by atoms with E-state index >= 15 is 0 Å². The van der Waals surface area contributed by atoms with Crippen molar-refractivity contribution in [1.29, 1.82) is 0 Å². The van der Waals surface area contributed by atoms with Crippen LogP contribution in [0.2, 0.25) is 0 Å². The molecule has 0 bridgehead atoms. The summed E-state index contributed by atoms with van der Waals surface area (Å²) in [4.78, 5) is 31.6. The zero-order valence-electron chi connectivity index (χ0n) is 9.05. The molecule has 0 atom stereocenters. The molecular formula is C10H7F2NO5. The second kappa shape index (κ2) is 5.30. The van der Waals surface area contributed by atoms with Crippen molar-refractivity contribution in [3.05, 3.63) is 33.4 Å². The molecule has 1 rings (SSSR count). The van der Waals surface area contributed by atoms with E-state index in [1.54, 1.807) is 0 Å². The van der Waals surface area contributed by atoms with E-state index < -0.39 is 34.3 Å². The van der Waals surface area contributed by atoms with Crippen LogP contribution in [0, 0.1) is 10.1 Å². The normalized spacial score (nSPS) is 10.2. The monoisotopic (exact) mass is 259 g/mol. The molecule has 8 heteroatoms. The summed E-state index contributed by atoms with van der Waals surface area (Å²) in [5, 5.41) is 10.6. The highest BCUT2D eigenvalue weighted by Gasteiger charge is 2.22. The lowest BCUT2D eigenvalue weighted by molar-refractivity contribution is -0.385. The van der Waals surface area contributed by atoms with Crippen molar-refractivity contribution < 1.29 is 28.0 Å². The van der Waals surface area contributed by atoms with Crippen LogP contribution in [0.1, 0.15) is 27.6 Å². The van der Waals surface area contributed by atoms with Gasteiger partial charge in [-0.1, -0.05) is 0 Å². The third kappa shape index (κ3) is 2.84. The number of ketones is 1. The third-order valence-corrected chi connectivity index (χ3v) is 2.05. The molecule has 0 fully saturated rings. The molecule has 0 radical (unpaired) electrons. The highest BCUT2D eigenvalue weighted by Crippen LogP contribution is 2.29. The number of hydrogen-bond donors (Lipinski definition) is 0. The van der Waals surface area contributed by atoms with Gasteiger partial charge in [0.15, 0.2) is 12.1 Å². The molecule has 0 aliphatic rings. The fraction of sp³-hybridized carbons (Fsp3) is 0.200. The van der Waals surface area contributed by atoms with Gasteiger partial charge >= 0.3 is 6.61 Å². The van der Waals surface area contributed by atoms with Crippen molar-refractivity contribution in [2.24, 2.45) is 0 Å². The van der Waals surface area contributed by atoms with E-state index in [9.17, 15) is 28.5 Å². The fourth-order valence-corrected chi connectivity index (χ4v) is 1.31. The highest BCUT2D eigenvalue weighted by molar-refractivity contribution is 5.99. The van der Waals surface area contributed by atoms with Gasteiger partial charge in [0.05, 0.1) is 16.1 Å². The largest absolute Gasteiger partial charge is 0.434 e. The Bertz CT molecular complexity index is 515. The van der Waals surface area contributed by atoms with E-state index in [2.05, 4.69) is 4.74 Å². The lowest BCUT2D eigenvalue weighted by Crippen LogP contribution is -2.08. The Labute approximate surface area is 99.3 Å². The van der Waals surface area contributed by atoms with Gasteiger partial charge in [0.1, 0.15) is 5.75 Å². The number of aldehydes is 1. The summed E-state index contributed by atoms with van der Waals surface area (Å²) < 4.78 is 28.3. The summed E-state index contributed by atoms with van der Waals surface area (Å²) in [5.74, 6) is -1.25. The number of carbonyl (C=O) groups is 2. The van der Waals surface area contributed by atoms with Crippen LogP contribution in [-0.4, -0.2) is 23.6 Å². The Kier molecular flexibility index (Phi) is 4.03. The maximum Gasteiger partial charge on any atom is 0.387 e. The second-order valence-electron chi connectivity index (χ2n) is 3.22. The zero-order valence-corrected chi connectivity index (χ0v) is 9.05. The molecule has 96 valence electrons. The maximum absolute atomic E-state index is 12.1. The van der Waals surface area contributed by atoms with Crippen molar-refractivity contribution in [3.8, 4) is 5.75 Å². The Morgan fingerprint density at radius 3 is 2.50 bits per heavy atom. The number of alkyl halides is 2. The fourth-order valence-electron chi connectivity index (χ4n) is 1.31. The van der Waals surface area contributed by atoms with Gasteiger partial charge in [-0.15, -0.1) is 0 Å². The SMILES string of the molecule is CC(=O)c1cc([N+](=O)[O-])c(C=O)cc1OC(F)F. The number of carbonyl (C=O) groups excluding carboxylic acids is 2. The van der Waals surface area contributed by atoms with Crippen LogP contribution >= 0.6 is 0 Å². The molecule has 0 N–H and O–H groups in total. The Hall–Kier alpha value is -2.38. The average Bonchev–Trinajstić information content (AvgIpc) is 2.26. The van der Waals surface area contributed by atoms with Crippen molar-refractivity contribution in [3.63, 3.8) is 0 Å². The Morgan fingerprint density at radius 2 is 2.11 bits per heavy atom. The minimum absolute atomic E-state index is 0.125. The summed E-state index contributed by atoms with van der Waals surface area (Å²) in [7, 11) is 0. The number of halogens is 2. The van der Waals surface area contributed by atoms with E-state index in [0.29, 0.717) is 0 Å². The first kappa shape index (κ1) is 13.7. The van der Waals surface area contributed by atoms with Gasteiger partial charge in [0.25, 0.3) is 5.69 Å². The second-order valence-corrected chi connectivity index (χ2v) is 3.22. The molecule has 0 unspecified atom stereocenters. The van der Waals surface area contributed by atoms with Crippen molar-refractivity contribution in [2.75, 3.05) is 0 Å². The van der Waals surface area contributed by atoms with E-state index in [0.717, 1.165) is 19.1 Å². The molecule has 0 aliphatic carbocycles. The quantitative estimate of drug-likeness (QED) is 0.350. The van der Waals surface area contributed by atoms with Crippen LogP contribution in [0.3, 0.4) is 0 Å². The van der Waals surface area contributed by atoms with Crippen molar-refractivity contribution >= 4 is 17.8 Å². The number of rotatable bonds is 5. The van der Waals surface area contributed by atoms with Gasteiger partial charge < -0.3 is 4.74 Å². The first-order chi connectivity index (χ1) is 8.36. The van der Waals surface area contributed by atoms with Gasteiger partial charge in [-0.25, -0.2) is 0 Å². The lowest BCUT2D eigenvalue weighted by atomic mass is 10.1. The van der Waals surface area contributed by atoms with E-state index in [1.807, 2.05) is 0 Å². The number of benzene rings is 1. The van der Waals surface area contributed by atoms with Crippen LogP contribution in [0.15, 0.2) is 12.1 Å². The summed E-state index contributed by atoms with van der Waals surface area (Å²) in [6.07, 6.45) is 0.125. The van der Waals surface area contributed by atoms with Crippen LogP contribution in [0.25, 0.3) is 0 Å². The Morgan fingerprint density at radius 1 is 1.50 bits per heavy atom. The first-order valence-corrected chi connectivity index (χ1v) is 4.60. The van der Waals surface area contributed by atoms with E-state index in [1.165, 1.54) is 0 Å². The van der Waals surface area contributed by atoms with Crippen LogP contribution in [-0.2, 0) is 0 Å². The number of hydrogen-bond acceptors (Lipinski definition) is 5. The van der Waals surface area contributed by atoms with Crippen LogP contribution in [0.5, 0.6) is 5.75 Å². The van der Waals surface area contributed by atoms with E-state index in [4.69, 9.17) is 0 Å². The minimum Gasteiger partial charge on any atom is -0.434 e. The minimum atomic E-state index is -3.20. The molecule has 1 aromatic rings. The predicted molar refractivity (Wildman–Crippen MR) is 55.1 cm³/mol. The highest BCUT2D eigenvalue weighted by atomic mass is 19.3. The van der Waals surface area contributed by atoms with Gasteiger partial charge in [-0.3, -0.25) is 19.7 Å². The van der Waals surface area contributed by atoms with Crippen LogP contribution in [0.4, 0.5) is 14.5 Å². The lowest BCUT2D eigenvalue weighted by Gasteiger charge is -2.09. The van der Waals surface area contributed by atoms with Gasteiger partial charge in [0.2, 0.25) is 0 Å². The third-order valence-electron chi connectivity index (χ3n) is 2.05. The smallest absolute Gasteiger partial charge is 0.387 e. The molecular weight excluding hydrogens is 252 g/mol. The molecule has 18 heavy (non-hydrogen) atoms. The van der Waals surface area contributed by atoms with Crippen molar-refractivity contribution in [1.82, 2.24) is 0 Å². The molecule has 0 amide bonds. The Balaban J connectivity index is 3.46. The number of nitro groups is 1. The van der Waals surface area contributed by atoms with Crippen LogP contribution < -0.4 is 4.74 Å². The van der Waals surface area contributed by atoms with E-state index in [-0.39, 0.29) is 11.8 Å². The average molecular weight is 259 g/mol. The molecule has 1 aromatic carbocycles. The molecule has 6 nitrogen and oxygen atoms in total. The first-order valence-electron chi connectivity index (χ1n) is 4.60. The summed E-state index contributed by atoms with van der Waals surface area (Å²) >= 11 is 0. The summed E-state index contributed by atoms with van der Waals surface area (Å²) in [5.41, 5.74) is -1.47. The summed E-state index contributed by atoms with van der Waals surface area (Å²) in [6.45, 7) is -2.16. The standard InChI is InChI=1S/C10H7F2NO5/c1-5(15)7-3-8(13(16)17)6(4-14)2-9(7)18-10(11)12/h2-4,10H,1H3.